The highest BCUT2D eigenvalue weighted by Crippen LogP contribution is 2.28. The topological polar surface area (TPSA) is 52.3 Å². The number of rotatable bonds is 4. The van der Waals surface area contributed by atoms with Crippen LogP contribution in [0, 0.1) is 6.92 Å². The number of aryl methyl sites for hydroxylation is 1. The Morgan fingerprint density at radius 2 is 2.19 bits per heavy atom. The normalized spacial score (nSPS) is 12.3. The quantitative estimate of drug-likeness (QED) is 0.825. The van der Waals surface area contributed by atoms with E-state index in [1.807, 2.05) is 13.8 Å². The second kappa shape index (κ2) is 5.32. The molecule has 0 spiro atoms. The first-order valence-corrected chi connectivity index (χ1v) is 5.58. The van der Waals surface area contributed by atoms with Crippen molar-refractivity contribution in [3.63, 3.8) is 0 Å². The number of halogens is 1. The van der Waals surface area contributed by atoms with Crippen LogP contribution in [-0.4, -0.2) is 18.4 Å². The second-order valence-corrected chi connectivity index (χ2v) is 4.09. The van der Waals surface area contributed by atoms with Crippen molar-refractivity contribution in [1.29, 1.82) is 0 Å². The number of ether oxygens (including phenoxy) is 1. The molecule has 1 rings (SSSR count). The summed E-state index contributed by atoms with van der Waals surface area (Å²) in [6.07, 6.45) is 0. The molecule has 4 heteroatoms. The third kappa shape index (κ3) is 2.74. The standard InChI is InChI=1S/C12H16ClNO2/c1-4-16-11-5-7(2)9(6-10(11)13)12(15)8(3)14/h5-6,8H,4,14H2,1-3H3. The fraction of sp³-hybridized carbons (Fsp3) is 0.417. The number of nitrogens with two attached hydrogens (primary N) is 1. The van der Waals surface area contributed by atoms with E-state index < -0.39 is 6.04 Å². The van der Waals surface area contributed by atoms with Crippen LogP contribution < -0.4 is 10.5 Å². The summed E-state index contributed by atoms with van der Waals surface area (Å²) in [7, 11) is 0. The van der Waals surface area contributed by atoms with Gasteiger partial charge in [-0.1, -0.05) is 11.6 Å². The first-order valence-electron chi connectivity index (χ1n) is 5.20. The fourth-order valence-corrected chi connectivity index (χ4v) is 1.65. The van der Waals surface area contributed by atoms with Crippen LogP contribution in [0.1, 0.15) is 29.8 Å². The van der Waals surface area contributed by atoms with Gasteiger partial charge in [0, 0.05) is 5.56 Å². The van der Waals surface area contributed by atoms with Crippen molar-refractivity contribution in [3.05, 3.63) is 28.3 Å². The number of hydrogen-bond donors (Lipinski definition) is 1. The lowest BCUT2D eigenvalue weighted by atomic mass is 10.0. The Balaban J connectivity index is 3.15. The van der Waals surface area contributed by atoms with Crippen LogP contribution in [-0.2, 0) is 0 Å². The molecule has 0 aliphatic rings. The van der Waals surface area contributed by atoms with Gasteiger partial charge in [0.25, 0.3) is 0 Å². The van der Waals surface area contributed by atoms with Crippen molar-refractivity contribution in [2.24, 2.45) is 5.73 Å². The number of ketones is 1. The van der Waals surface area contributed by atoms with Crippen LogP contribution in [0.4, 0.5) is 0 Å². The molecule has 0 heterocycles. The van der Waals surface area contributed by atoms with E-state index in [0.717, 1.165) is 5.56 Å². The summed E-state index contributed by atoms with van der Waals surface area (Å²) in [4.78, 5) is 11.8. The van der Waals surface area contributed by atoms with Crippen molar-refractivity contribution < 1.29 is 9.53 Å². The van der Waals surface area contributed by atoms with Gasteiger partial charge in [-0.15, -0.1) is 0 Å². The monoisotopic (exact) mass is 241 g/mol. The van der Waals surface area contributed by atoms with E-state index in [-0.39, 0.29) is 5.78 Å². The predicted molar refractivity (Wildman–Crippen MR) is 65.3 cm³/mol. The summed E-state index contributed by atoms with van der Waals surface area (Å²) in [5, 5.41) is 0.441. The minimum Gasteiger partial charge on any atom is -0.492 e. The zero-order chi connectivity index (χ0) is 12.3. The van der Waals surface area contributed by atoms with Gasteiger partial charge >= 0.3 is 0 Å². The number of carbonyl (C=O) groups is 1. The number of benzene rings is 1. The average Bonchev–Trinajstić information content (AvgIpc) is 2.22. The third-order valence-corrected chi connectivity index (χ3v) is 2.55. The summed E-state index contributed by atoms with van der Waals surface area (Å²) in [6.45, 7) is 5.92. The van der Waals surface area contributed by atoms with Crippen LogP contribution in [0.25, 0.3) is 0 Å². The van der Waals surface area contributed by atoms with Gasteiger partial charge in [-0.05, 0) is 38.5 Å². The zero-order valence-electron chi connectivity index (χ0n) is 9.71. The summed E-state index contributed by atoms with van der Waals surface area (Å²) in [6, 6.07) is 2.86. The first-order chi connectivity index (χ1) is 7.47. The van der Waals surface area contributed by atoms with E-state index >= 15 is 0 Å². The zero-order valence-corrected chi connectivity index (χ0v) is 10.5. The lowest BCUT2D eigenvalue weighted by Crippen LogP contribution is -2.27. The van der Waals surface area contributed by atoms with E-state index in [2.05, 4.69) is 0 Å². The second-order valence-electron chi connectivity index (χ2n) is 3.68. The smallest absolute Gasteiger partial charge is 0.179 e. The minimum atomic E-state index is -0.521. The molecule has 88 valence electrons. The summed E-state index contributed by atoms with van der Waals surface area (Å²) in [5.74, 6) is 0.491. The minimum absolute atomic E-state index is 0.109. The van der Waals surface area contributed by atoms with Crippen molar-refractivity contribution in [2.75, 3.05) is 6.61 Å². The molecule has 1 unspecified atom stereocenters. The Kier molecular flexibility index (Phi) is 4.33. The maximum absolute atomic E-state index is 11.8. The Morgan fingerprint density at radius 3 is 2.69 bits per heavy atom. The van der Waals surface area contributed by atoms with Crippen molar-refractivity contribution in [2.45, 2.75) is 26.8 Å². The van der Waals surface area contributed by atoms with Crippen LogP contribution in [0.15, 0.2) is 12.1 Å². The van der Waals surface area contributed by atoms with Gasteiger partial charge < -0.3 is 10.5 Å². The molecule has 0 amide bonds. The van der Waals surface area contributed by atoms with Gasteiger partial charge in [-0.25, -0.2) is 0 Å². The maximum Gasteiger partial charge on any atom is 0.179 e. The summed E-state index contributed by atoms with van der Waals surface area (Å²) < 4.78 is 5.34. The Labute approximate surface area is 101 Å². The Bertz CT molecular complexity index is 402. The molecule has 0 saturated carbocycles. The fourth-order valence-electron chi connectivity index (χ4n) is 1.43. The Morgan fingerprint density at radius 1 is 1.56 bits per heavy atom. The average molecular weight is 242 g/mol. The van der Waals surface area contributed by atoms with Gasteiger partial charge in [-0.3, -0.25) is 4.79 Å². The molecule has 16 heavy (non-hydrogen) atoms. The highest BCUT2D eigenvalue weighted by atomic mass is 35.5. The Hall–Kier alpha value is -1.06. The molecule has 0 saturated heterocycles. The lowest BCUT2D eigenvalue weighted by molar-refractivity contribution is 0.0967. The number of carbonyl (C=O) groups excluding carboxylic acids is 1. The van der Waals surface area contributed by atoms with Gasteiger partial charge in [0.1, 0.15) is 5.75 Å². The van der Waals surface area contributed by atoms with Gasteiger partial charge in [0.05, 0.1) is 17.7 Å². The molecule has 0 bridgehead atoms. The van der Waals surface area contributed by atoms with Gasteiger partial charge in [0.2, 0.25) is 0 Å². The SMILES string of the molecule is CCOc1cc(C)c(C(=O)C(C)N)cc1Cl. The highest BCUT2D eigenvalue weighted by molar-refractivity contribution is 6.32. The molecule has 1 atom stereocenters. The molecule has 2 N–H and O–H groups in total. The molecule has 1 aromatic carbocycles. The molecule has 0 fully saturated rings. The summed E-state index contributed by atoms with van der Waals surface area (Å²) >= 11 is 6.01. The van der Waals surface area contributed by atoms with Crippen molar-refractivity contribution in [1.82, 2.24) is 0 Å². The molecule has 1 aromatic rings. The van der Waals surface area contributed by atoms with Crippen LogP contribution >= 0.6 is 11.6 Å². The predicted octanol–water partition coefficient (Wildman–Crippen LogP) is 2.58. The number of hydrogen-bond acceptors (Lipinski definition) is 3. The number of Topliss-reactive ketones (excluding diaryl/α,β-unsaturated/α-hetero) is 1. The van der Waals surface area contributed by atoms with Crippen LogP contribution in [0.5, 0.6) is 5.75 Å². The van der Waals surface area contributed by atoms with Crippen LogP contribution in [0.3, 0.4) is 0 Å². The first kappa shape index (κ1) is 13.0. The molecule has 0 aromatic heterocycles. The van der Waals surface area contributed by atoms with Gasteiger partial charge in [-0.2, -0.15) is 0 Å². The largest absolute Gasteiger partial charge is 0.492 e. The van der Waals surface area contributed by atoms with E-state index in [1.165, 1.54) is 0 Å². The maximum atomic E-state index is 11.8. The molecule has 0 aliphatic heterocycles. The third-order valence-electron chi connectivity index (χ3n) is 2.26. The van der Waals surface area contributed by atoms with Crippen LogP contribution in [0.2, 0.25) is 5.02 Å². The molecule has 3 nitrogen and oxygen atoms in total. The molecule has 0 aliphatic carbocycles. The molecular weight excluding hydrogens is 226 g/mol. The van der Waals surface area contributed by atoms with Crippen molar-refractivity contribution in [3.8, 4) is 5.75 Å². The van der Waals surface area contributed by atoms with E-state index in [1.54, 1.807) is 19.1 Å². The van der Waals surface area contributed by atoms with Crippen molar-refractivity contribution >= 4 is 17.4 Å². The van der Waals surface area contributed by atoms with E-state index in [9.17, 15) is 4.79 Å². The van der Waals surface area contributed by atoms with Gasteiger partial charge in [0.15, 0.2) is 5.78 Å². The highest BCUT2D eigenvalue weighted by Gasteiger charge is 2.16. The van der Waals surface area contributed by atoms with E-state index in [4.69, 9.17) is 22.1 Å². The van der Waals surface area contributed by atoms with E-state index in [0.29, 0.717) is 22.9 Å². The summed E-state index contributed by atoms with van der Waals surface area (Å²) in [5.41, 5.74) is 6.95. The molecule has 0 radical (unpaired) electrons. The lowest BCUT2D eigenvalue weighted by Gasteiger charge is -2.12. The molecular formula is C12H16ClNO2.